The molecule has 1 aliphatic carbocycles. The molecule has 3 aromatic rings. The highest BCUT2D eigenvalue weighted by molar-refractivity contribution is 9.10. The second-order valence-corrected chi connectivity index (χ2v) is 8.57. The molecule has 0 unspecified atom stereocenters. The standard InChI is InChI=1S/C22H23BrClN3/c23-16-3-1-15(2-4-16)14-26-18-6-8-19(9-7-18)27-21-11-12-25-22-13-17(24)5-10-20(21)22/h1-5,10-13,18-19,26H,6-9,14H2,(H,25,27). The zero-order chi connectivity index (χ0) is 18.6. The van der Waals surface area contributed by atoms with Crippen molar-refractivity contribution in [3.05, 3.63) is 69.8 Å². The SMILES string of the molecule is Clc1ccc2c(NC3CCC(NCc4ccc(Br)cc4)CC3)ccnc2c1. The maximum absolute atomic E-state index is 6.09. The van der Waals surface area contributed by atoms with Gasteiger partial charge in [-0.15, -0.1) is 0 Å². The van der Waals surface area contributed by atoms with Crippen LogP contribution in [-0.4, -0.2) is 17.1 Å². The van der Waals surface area contributed by atoms with Crippen LogP contribution >= 0.6 is 27.5 Å². The number of nitrogens with one attached hydrogen (secondary N) is 2. The molecule has 1 saturated carbocycles. The van der Waals surface area contributed by atoms with E-state index in [1.807, 2.05) is 18.3 Å². The molecule has 2 N–H and O–H groups in total. The fourth-order valence-corrected chi connectivity index (χ4v) is 4.20. The normalized spacial score (nSPS) is 19.9. The van der Waals surface area contributed by atoms with E-state index in [1.165, 1.54) is 31.2 Å². The summed E-state index contributed by atoms with van der Waals surface area (Å²) in [5, 5.41) is 9.30. The van der Waals surface area contributed by atoms with E-state index in [0.29, 0.717) is 12.1 Å². The number of halogens is 2. The Morgan fingerprint density at radius 3 is 2.48 bits per heavy atom. The van der Waals surface area contributed by atoms with Gasteiger partial charge in [0.25, 0.3) is 0 Å². The van der Waals surface area contributed by atoms with Crippen LogP contribution in [0.1, 0.15) is 31.2 Å². The van der Waals surface area contributed by atoms with E-state index in [0.717, 1.165) is 32.6 Å². The van der Waals surface area contributed by atoms with E-state index in [4.69, 9.17) is 11.6 Å². The Morgan fingerprint density at radius 2 is 1.70 bits per heavy atom. The minimum atomic E-state index is 0.511. The van der Waals surface area contributed by atoms with Gasteiger partial charge in [0.15, 0.2) is 0 Å². The summed E-state index contributed by atoms with van der Waals surface area (Å²) in [6, 6.07) is 17.6. The molecule has 0 amide bonds. The van der Waals surface area contributed by atoms with Gasteiger partial charge in [0.1, 0.15) is 0 Å². The van der Waals surface area contributed by atoms with Crippen LogP contribution in [0.15, 0.2) is 59.2 Å². The van der Waals surface area contributed by atoms with Crippen LogP contribution in [0.3, 0.4) is 0 Å². The molecule has 1 fully saturated rings. The van der Waals surface area contributed by atoms with Gasteiger partial charge in [-0.1, -0.05) is 39.7 Å². The van der Waals surface area contributed by atoms with Gasteiger partial charge >= 0.3 is 0 Å². The van der Waals surface area contributed by atoms with Crippen LogP contribution in [0.2, 0.25) is 5.02 Å². The van der Waals surface area contributed by atoms with Crippen LogP contribution < -0.4 is 10.6 Å². The van der Waals surface area contributed by atoms with Crippen LogP contribution in [0.25, 0.3) is 10.9 Å². The molecule has 3 nitrogen and oxygen atoms in total. The first kappa shape index (κ1) is 18.7. The summed E-state index contributed by atoms with van der Waals surface area (Å²) in [6.45, 7) is 0.936. The van der Waals surface area contributed by atoms with Gasteiger partial charge in [0.2, 0.25) is 0 Å². The number of benzene rings is 2. The van der Waals surface area contributed by atoms with Crippen molar-refractivity contribution < 1.29 is 0 Å². The number of anilines is 1. The summed E-state index contributed by atoms with van der Waals surface area (Å²) in [5.41, 5.74) is 3.43. The number of nitrogens with zero attached hydrogens (tertiary/aromatic N) is 1. The number of fused-ring (bicyclic) bond motifs is 1. The Morgan fingerprint density at radius 1 is 0.963 bits per heavy atom. The van der Waals surface area contributed by atoms with Crippen molar-refractivity contribution in [3.63, 3.8) is 0 Å². The maximum atomic E-state index is 6.09. The second kappa shape index (κ2) is 8.59. The molecule has 5 heteroatoms. The molecule has 0 spiro atoms. The largest absolute Gasteiger partial charge is 0.382 e. The first-order chi connectivity index (χ1) is 13.2. The molecule has 4 rings (SSSR count). The van der Waals surface area contributed by atoms with Gasteiger partial charge in [0.05, 0.1) is 5.52 Å². The third kappa shape index (κ3) is 4.81. The van der Waals surface area contributed by atoms with Crippen molar-refractivity contribution in [1.82, 2.24) is 10.3 Å². The first-order valence-corrected chi connectivity index (χ1v) is 10.6. The van der Waals surface area contributed by atoms with E-state index in [2.05, 4.69) is 67.9 Å². The minimum absolute atomic E-state index is 0.511. The van der Waals surface area contributed by atoms with E-state index >= 15 is 0 Å². The second-order valence-electron chi connectivity index (χ2n) is 7.22. The predicted molar refractivity (Wildman–Crippen MR) is 117 cm³/mol. The van der Waals surface area contributed by atoms with Crippen molar-refractivity contribution in [2.24, 2.45) is 0 Å². The van der Waals surface area contributed by atoms with Crippen LogP contribution in [0, 0.1) is 0 Å². The minimum Gasteiger partial charge on any atom is -0.382 e. The van der Waals surface area contributed by atoms with E-state index in [-0.39, 0.29) is 0 Å². The quantitative estimate of drug-likeness (QED) is 0.494. The number of rotatable bonds is 5. The lowest BCUT2D eigenvalue weighted by molar-refractivity contribution is 0.353. The van der Waals surface area contributed by atoms with Crippen molar-refractivity contribution in [3.8, 4) is 0 Å². The average molecular weight is 445 g/mol. The lowest BCUT2D eigenvalue weighted by Gasteiger charge is -2.30. The highest BCUT2D eigenvalue weighted by Gasteiger charge is 2.21. The molecule has 0 atom stereocenters. The van der Waals surface area contributed by atoms with Crippen LogP contribution in [0.5, 0.6) is 0 Å². The van der Waals surface area contributed by atoms with Gasteiger partial charge in [-0.05, 0) is 67.6 Å². The Balaban J connectivity index is 1.31. The van der Waals surface area contributed by atoms with Crippen molar-refractivity contribution in [2.45, 2.75) is 44.3 Å². The van der Waals surface area contributed by atoms with Gasteiger partial charge < -0.3 is 10.6 Å². The third-order valence-corrected chi connectivity index (χ3v) is 6.06. The lowest BCUT2D eigenvalue weighted by Crippen LogP contribution is -2.36. The summed E-state index contributed by atoms with van der Waals surface area (Å²) in [5.74, 6) is 0. The number of aromatic nitrogens is 1. The van der Waals surface area contributed by atoms with Crippen LogP contribution in [0.4, 0.5) is 5.69 Å². The zero-order valence-corrected chi connectivity index (χ0v) is 17.4. The average Bonchev–Trinajstić information content (AvgIpc) is 2.68. The molecule has 1 heterocycles. The highest BCUT2D eigenvalue weighted by Crippen LogP contribution is 2.28. The smallest absolute Gasteiger partial charge is 0.0737 e. The summed E-state index contributed by atoms with van der Waals surface area (Å²) in [6.07, 6.45) is 6.60. The van der Waals surface area contributed by atoms with Gasteiger partial charge in [-0.3, -0.25) is 4.98 Å². The van der Waals surface area contributed by atoms with Gasteiger partial charge in [-0.2, -0.15) is 0 Å². The third-order valence-electron chi connectivity index (χ3n) is 5.30. The van der Waals surface area contributed by atoms with Crippen molar-refractivity contribution in [2.75, 3.05) is 5.32 Å². The van der Waals surface area contributed by atoms with E-state index < -0.39 is 0 Å². The summed E-state index contributed by atoms with van der Waals surface area (Å²) >= 11 is 9.58. The van der Waals surface area contributed by atoms with Crippen LogP contribution in [-0.2, 0) is 6.54 Å². The highest BCUT2D eigenvalue weighted by atomic mass is 79.9. The van der Waals surface area contributed by atoms with Gasteiger partial charge in [-0.25, -0.2) is 0 Å². The molecule has 2 aromatic carbocycles. The molecular formula is C22H23BrClN3. The monoisotopic (exact) mass is 443 g/mol. The summed E-state index contributed by atoms with van der Waals surface area (Å²) in [4.78, 5) is 4.43. The maximum Gasteiger partial charge on any atom is 0.0737 e. The Bertz CT molecular complexity index is 905. The fraction of sp³-hybridized carbons (Fsp3) is 0.318. The fourth-order valence-electron chi connectivity index (χ4n) is 3.77. The molecule has 27 heavy (non-hydrogen) atoms. The van der Waals surface area contributed by atoms with Crippen molar-refractivity contribution in [1.29, 1.82) is 0 Å². The Hall–Kier alpha value is -1.62. The van der Waals surface area contributed by atoms with Crippen molar-refractivity contribution >= 4 is 44.1 Å². The van der Waals surface area contributed by atoms with E-state index in [9.17, 15) is 0 Å². The molecule has 0 aliphatic heterocycles. The molecule has 1 aromatic heterocycles. The molecule has 0 radical (unpaired) electrons. The Kier molecular flexibility index (Phi) is 5.96. The molecule has 1 aliphatic rings. The lowest BCUT2D eigenvalue weighted by atomic mass is 9.90. The molecule has 0 bridgehead atoms. The Labute approximate surface area is 173 Å². The number of hydrogen-bond donors (Lipinski definition) is 2. The first-order valence-electron chi connectivity index (χ1n) is 9.46. The summed E-state index contributed by atoms with van der Waals surface area (Å²) in [7, 11) is 0. The number of pyridine rings is 1. The topological polar surface area (TPSA) is 37.0 Å². The molecule has 0 saturated heterocycles. The number of hydrogen-bond acceptors (Lipinski definition) is 3. The summed E-state index contributed by atoms with van der Waals surface area (Å²) < 4.78 is 1.13. The van der Waals surface area contributed by atoms with Gasteiger partial charge in [0, 0.05) is 45.4 Å². The molecular weight excluding hydrogens is 422 g/mol. The van der Waals surface area contributed by atoms with E-state index in [1.54, 1.807) is 0 Å². The zero-order valence-electron chi connectivity index (χ0n) is 15.1. The predicted octanol–water partition coefficient (Wildman–Crippen LogP) is 6.16. The molecule has 140 valence electrons.